The molecule has 0 amide bonds. The second-order valence-corrected chi connectivity index (χ2v) is 5.67. The van der Waals surface area contributed by atoms with Gasteiger partial charge in [0.15, 0.2) is 0 Å². The maximum Gasteiger partial charge on any atom is 0.338 e. The van der Waals surface area contributed by atoms with Crippen molar-refractivity contribution >= 4 is 21.7 Å². The molecule has 0 radical (unpaired) electrons. The van der Waals surface area contributed by atoms with Crippen molar-refractivity contribution in [3.63, 3.8) is 0 Å². The number of hydrogen-bond acceptors (Lipinski definition) is 4. The lowest BCUT2D eigenvalue weighted by atomic mass is 10.1. The Bertz CT molecular complexity index is 752. The molecule has 20 heavy (non-hydrogen) atoms. The van der Waals surface area contributed by atoms with Crippen LogP contribution in [0, 0.1) is 12.7 Å². The molecular weight excluding hydrogens is 289 g/mol. The van der Waals surface area contributed by atoms with Gasteiger partial charge in [-0.1, -0.05) is 6.07 Å². The largest absolute Gasteiger partial charge is 0.478 e. The zero-order valence-electron chi connectivity index (χ0n) is 10.3. The van der Waals surface area contributed by atoms with Gasteiger partial charge in [0.05, 0.1) is 17.5 Å². The summed E-state index contributed by atoms with van der Waals surface area (Å²) in [4.78, 5) is 10.9. The molecule has 0 unspecified atom stereocenters. The second kappa shape index (κ2) is 4.97. The summed E-state index contributed by atoms with van der Waals surface area (Å²) in [5.74, 6) is -2.40. The number of anilines is 1. The molecule has 1 aromatic carbocycles. The highest BCUT2D eigenvalue weighted by atomic mass is 32.2. The molecule has 8 heteroatoms. The average Bonchev–Trinajstić information content (AvgIpc) is 2.87. The molecule has 106 valence electrons. The third-order valence-corrected chi connectivity index (χ3v) is 3.94. The highest BCUT2D eigenvalue weighted by Gasteiger charge is 2.23. The SMILES string of the molecule is Cc1ccc(F)c(NS(=O)(=O)c2ccoc2)c1C(=O)O. The first-order valence-corrected chi connectivity index (χ1v) is 6.88. The Labute approximate surface area is 113 Å². The Morgan fingerprint density at radius 3 is 2.60 bits per heavy atom. The van der Waals surface area contributed by atoms with Crippen LogP contribution < -0.4 is 4.72 Å². The van der Waals surface area contributed by atoms with E-state index in [1.54, 1.807) is 0 Å². The van der Waals surface area contributed by atoms with Crippen LogP contribution in [0.25, 0.3) is 0 Å². The first-order chi connectivity index (χ1) is 9.33. The smallest absolute Gasteiger partial charge is 0.338 e. The highest BCUT2D eigenvalue weighted by Crippen LogP contribution is 2.26. The van der Waals surface area contributed by atoms with Gasteiger partial charge in [-0.3, -0.25) is 4.72 Å². The molecule has 0 bridgehead atoms. The number of aromatic carboxylic acids is 1. The van der Waals surface area contributed by atoms with E-state index in [2.05, 4.69) is 4.42 Å². The number of nitrogens with one attached hydrogen (secondary N) is 1. The molecule has 6 nitrogen and oxygen atoms in total. The fraction of sp³-hybridized carbons (Fsp3) is 0.0833. The number of rotatable bonds is 4. The van der Waals surface area contributed by atoms with Crippen molar-refractivity contribution in [2.45, 2.75) is 11.8 Å². The molecule has 0 aliphatic rings. The number of furan rings is 1. The summed E-state index contributed by atoms with van der Waals surface area (Å²) in [6.45, 7) is 1.44. The summed E-state index contributed by atoms with van der Waals surface area (Å²) in [5.41, 5.74) is -0.792. The van der Waals surface area contributed by atoms with Gasteiger partial charge in [0.2, 0.25) is 0 Å². The normalized spacial score (nSPS) is 11.3. The van der Waals surface area contributed by atoms with Gasteiger partial charge < -0.3 is 9.52 Å². The standard InChI is InChI=1S/C12H10FNO5S/c1-7-2-3-9(13)11(10(7)12(15)16)14-20(17,18)8-4-5-19-6-8/h2-6,14H,1H3,(H,15,16). The van der Waals surface area contributed by atoms with Gasteiger partial charge in [0.25, 0.3) is 10.0 Å². The Hall–Kier alpha value is -2.35. The quantitative estimate of drug-likeness (QED) is 0.902. The van der Waals surface area contributed by atoms with Crippen molar-refractivity contribution < 1.29 is 27.1 Å². The summed E-state index contributed by atoms with van der Waals surface area (Å²) in [6, 6.07) is 3.42. The van der Waals surface area contributed by atoms with E-state index in [-0.39, 0.29) is 10.5 Å². The molecule has 1 heterocycles. The van der Waals surface area contributed by atoms with Crippen molar-refractivity contribution in [3.05, 3.63) is 47.7 Å². The molecule has 2 aromatic rings. The van der Waals surface area contributed by atoms with Gasteiger partial charge in [0, 0.05) is 0 Å². The third kappa shape index (κ3) is 2.50. The van der Waals surface area contributed by atoms with Gasteiger partial charge in [-0.2, -0.15) is 0 Å². The molecule has 0 fully saturated rings. The van der Waals surface area contributed by atoms with Crippen molar-refractivity contribution in [2.24, 2.45) is 0 Å². The average molecular weight is 299 g/mol. The Balaban J connectivity index is 2.55. The predicted molar refractivity (Wildman–Crippen MR) is 67.6 cm³/mol. The molecule has 1 aromatic heterocycles. The van der Waals surface area contributed by atoms with Gasteiger partial charge in [-0.05, 0) is 24.6 Å². The minimum absolute atomic E-state index is 0.227. The number of aryl methyl sites for hydroxylation is 1. The van der Waals surface area contributed by atoms with Gasteiger partial charge in [-0.25, -0.2) is 17.6 Å². The van der Waals surface area contributed by atoms with Crippen LogP contribution in [-0.2, 0) is 10.0 Å². The molecule has 0 saturated carbocycles. The van der Waals surface area contributed by atoms with Crippen molar-refractivity contribution in [1.82, 2.24) is 0 Å². The summed E-state index contributed by atoms with van der Waals surface area (Å²) in [5, 5.41) is 9.08. The minimum Gasteiger partial charge on any atom is -0.478 e. The van der Waals surface area contributed by atoms with Crippen LogP contribution in [0.15, 0.2) is 40.0 Å². The van der Waals surface area contributed by atoms with E-state index in [0.29, 0.717) is 0 Å². The first-order valence-electron chi connectivity index (χ1n) is 5.40. The highest BCUT2D eigenvalue weighted by molar-refractivity contribution is 7.92. The van der Waals surface area contributed by atoms with E-state index in [1.807, 2.05) is 4.72 Å². The first kappa shape index (κ1) is 14.1. The topological polar surface area (TPSA) is 96.6 Å². The lowest BCUT2D eigenvalue weighted by molar-refractivity contribution is 0.0697. The zero-order chi connectivity index (χ0) is 14.9. The number of carbonyl (C=O) groups is 1. The number of hydrogen-bond donors (Lipinski definition) is 2. The van der Waals surface area contributed by atoms with Crippen LogP contribution in [0.2, 0.25) is 0 Å². The van der Waals surface area contributed by atoms with E-state index in [1.165, 1.54) is 13.0 Å². The minimum atomic E-state index is -4.11. The Morgan fingerprint density at radius 2 is 2.05 bits per heavy atom. The molecule has 0 saturated heterocycles. The molecule has 0 spiro atoms. The van der Waals surface area contributed by atoms with E-state index in [9.17, 15) is 17.6 Å². The maximum absolute atomic E-state index is 13.7. The molecule has 2 N–H and O–H groups in total. The van der Waals surface area contributed by atoms with Crippen LogP contribution in [0.4, 0.5) is 10.1 Å². The van der Waals surface area contributed by atoms with Crippen molar-refractivity contribution in [1.29, 1.82) is 0 Å². The van der Waals surface area contributed by atoms with Crippen LogP contribution in [-0.4, -0.2) is 19.5 Å². The fourth-order valence-electron chi connectivity index (χ4n) is 1.65. The lowest BCUT2D eigenvalue weighted by Crippen LogP contribution is -2.17. The van der Waals surface area contributed by atoms with Crippen molar-refractivity contribution in [2.75, 3.05) is 4.72 Å². The van der Waals surface area contributed by atoms with Gasteiger partial charge >= 0.3 is 5.97 Å². The molecule has 2 rings (SSSR count). The zero-order valence-corrected chi connectivity index (χ0v) is 11.1. The second-order valence-electron chi connectivity index (χ2n) is 3.98. The van der Waals surface area contributed by atoms with E-state index in [0.717, 1.165) is 24.7 Å². The third-order valence-electron chi connectivity index (χ3n) is 2.62. The van der Waals surface area contributed by atoms with Crippen molar-refractivity contribution in [3.8, 4) is 0 Å². The van der Waals surface area contributed by atoms with E-state index in [4.69, 9.17) is 5.11 Å². The molecular formula is C12H10FNO5S. The number of benzene rings is 1. The van der Waals surface area contributed by atoms with Crippen LogP contribution in [0.3, 0.4) is 0 Å². The maximum atomic E-state index is 13.7. The fourth-order valence-corrected chi connectivity index (χ4v) is 2.66. The van der Waals surface area contributed by atoms with Crippen LogP contribution in [0.5, 0.6) is 0 Å². The van der Waals surface area contributed by atoms with Gasteiger partial charge in [-0.15, -0.1) is 0 Å². The lowest BCUT2D eigenvalue weighted by Gasteiger charge is -2.12. The summed E-state index contributed by atoms with van der Waals surface area (Å²) < 4.78 is 44.3. The number of halogens is 1. The van der Waals surface area contributed by atoms with Gasteiger partial charge in [0.1, 0.15) is 17.0 Å². The molecule has 0 aliphatic heterocycles. The predicted octanol–water partition coefficient (Wildman–Crippen LogP) is 2.23. The number of sulfonamides is 1. The van der Waals surface area contributed by atoms with Crippen LogP contribution in [0.1, 0.15) is 15.9 Å². The monoisotopic (exact) mass is 299 g/mol. The summed E-state index contributed by atoms with van der Waals surface area (Å²) >= 11 is 0. The Kier molecular flexibility index (Phi) is 3.49. The van der Waals surface area contributed by atoms with Crippen LogP contribution >= 0.6 is 0 Å². The summed E-state index contributed by atoms with van der Waals surface area (Å²) in [6.07, 6.45) is 2.09. The molecule has 0 aliphatic carbocycles. The number of carboxylic acids is 1. The Morgan fingerprint density at radius 1 is 1.35 bits per heavy atom. The van der Waals surface area contributed by atoms with E-state index >= 15 is 0 Å². The summed E-state index contributed by atoms with van der Waals surface area (Å²) in [7, 11) is -4.11. The molecule has 0 atom stereocenters. The number of carboxylic acid groups (broad SMARTS) is 1. The van der Waals surface area contributed by atoms with E-state index < -0.39 is 33.1 Å².